The maximum atomic E-state index is 12.5. The van der Waals surface area contributed by atoms with Crippen LogP contribution < -0.4 is 5.32 Å². The Kier molecular flexibility index (Phi) is 3.80. The predicted octanol–water partition coefficient (Wildman–Crippen LogP) is 4.97. The first-order chi connectivity index (χ1) is 11.7. The summed E-state index contributed by atoms with van der Waals surface area (Å²) in [5.41, 5.74) is 3.13. The summed E-state index contributed by atoms with van der Waals surface area (Å²) in [6.45, 7) is 0. The molecule has 0 atom stereocenters. The molecule has 6 heteroatoms. The van der Waals surface area contributed by atoms with Crippen LogP contribution in [0.5, 0.6) is 0 Å². The Morgan fingerprint density at radius 3 is 2.58 bits per heavy atom. The van der Waals surface area contributed by atoms with Gasteiger partial charge in [0, 0.05) is 27.9 Å². The van der Waals surface area contributed by atoms with E-state index in [0.717, 1.165) is 16.2 Å². The number of amides is 1. The average molecular weight is 354 g/mol. The van der Waals surface area contributed by atoms with Gasteiger partial charge in [0.15, 0.2) is 4.96 Å². The molecule has 1 N–H and O–H groups in total. The molecule has 0 fully saturated rings. The van der Waals surface area contributed by atoms with Crippen molar-refractivity contribution < 1.29 is 4.79 Å². The fourth-order valence-electron chi connectivity index (χ4n) is 2.42. The van der Waals surface area contributed by atoms with Crippen LogP contribution in [0.2, 0.25) is 5.02 Å². The molecule has 4 aromatic rings. The molecule has 4 rings (SSSR count). The van der Waals surface area contributed by atoms with Crippen LogP contribution >= 0.6 is 22.9 Å². The number of anilines is 1. The van der Waals surface area contributed by atoms with E-state index in [1.165, 1.54) is 11.3 Å². The van der Waals surface area contributed by atoms with E-state index < -0.39 is 0 Å². The lowest BCUT2D eigenvalue weighted by molar-refractivity contribution is 0.102. The molecule has 0 aliphatic rings. The molecule has 0 aliphatic heterocycles. The number of carbonyl (C=O) groups excluding carboxylic acids is 1. The molecule has 24 heavy (non-hydrogen) atoms. The molecule has 0 radical (unpaired) electrons. The molecular formula is C18H12ClN3OS. The van der Waals surface area contributed by atoms with Crippen LogP contribution in [0.4, 0.5) is 5.69 Å². The minimum atomic E-state index is -0.180. The second kappa shape index (κ2) is 6.11. The van der Waals surface area contributed by atoms with Gasteiger partial charge in [-0.1, -0.05) is 41.9 Å². The first-order valence-electron chi connectivity index (χ1n) is 7.29. The highest BCUT2D eigenvalue weighted by Gasteiger charge is 2.15. The molecule has 0 spiro atoms. The van der Waals surface area contributed by atoms with Crippen LogP contribution in [0.15, 0.2) is 66.2 Å². The van der Waals surface area contributed by atoms with Crippen molar-refractivity contribution in [2.45, 2.75) is 0 Å². The first kappa shape index (κ1) is 14.9. The number of carbonyl (C=O) groups is 1. The van der Waals surface area contributed by atoms with Crippen molar-refractivity contribution in [1.82, 2.24) is 9.38 Å². The molecule has 0 bridgehead atoms. The number of hydrogen-bond acceptors (Lipinski definition) is 3. The summed E-state index contributed by atoms with van der Waals surface area (Å²) in [6, 6.07) is 16.9. The van der Waals surface area contributed by atoms with E-state index >= 15 is 0 Å². The van der Waals surface area contributed by atoms with Crippen molar-refractivity contribution in [3.8, 4) is 11.3 Å². The van der Waals surface area contributed by atoms with Gasteiger partial charge in [0.05, 0.1) is 5.69 Å². The highest BCUT2D eigenvalue weighted by Crippen LogP contribution is 2.24. The molecule has 4 nitrogen and oxygen atoms in total. The summed E-state index contributed by atoms with van der Waals surface area (Å²) in [5.74, 6) is -0.180. The standard InChI is InChI=1S/C18H12ClN3OS/c19-13-6-8-14(9-7-13)20-17(23)16-11-24-18-21-15(10-22(16)18)12-4-2-1-3-5-12/h1-11H,(H,20,23). The number of fused-ring (bicyclic) bond motifs is 1. The Morgan fingerprint density at radius 1 is 1.08 bits per heavy atom. The molecular weight excluding hydrogens is 342 g/mol. The summed E-state index contributed by atoms with van der Waals surface area (Å²) < 4.78 is 1.82. The monoisotopic (exact) mass is 353 g/mol. The van der Waals surface area contributed by atoms with E-state index in [1.54, 1.807) is 24.3 Å². The lowest BCUT2D eigenvalue weighted by Gasteiger charge is -2.04. The molecule has 0 saturated carbocycles. The summed E-state index contributed by atoms with van der Waals surface area (Å²) in [4.78, 5) is 17.9. The van der Waals surface area contributed by atoms with Gasteiger partial charge in [-0.3, -0.25) is 9.20 Å². The Balaban J connectivity index is 1.65. The molecule has 2 aromatic heterocycles. The van der Waals surface area contributed by atoms with Gasteiger partial charge in [-0.15, -0.1) is 11.3 Å². The topological polar surface area (TPSA) is 46.4 Å². The van der Waals surface area contributed by atoms with Gasteiger partial charge < -0.3 is 5.32 Å². The Bertz CT molecular complexity index is 1010. The molecule has 0 aliphatic carbocycles. The van der Waals surface area contributed by atoms with Crippen molar-refractivity contribution >= 4 is 39.5 Å². The molecule has 2 aromatic carbocycles. The van der Waals surface area contributed by atoms with Gasteiger partial charge in [-0.05, 0) is 24.3 Å². The number of hydrogen-bond donors (Lipinski definition) is 1. The third-order valence-corrected chi connectivity index (χ3v) is 4.71. The number of aromatic nitrogens is 2. The van der Waals surface area contributed by atoms with E-state index in [9.17, 15) is 4.79 Å². The normalized spacial score (nSPS) is 10.9. The van der Waals surface area contributed by atoms with E-state index in [4.69, 9.17) is 11.6 Å². The van der Waals surface area contributed by atoms with Crippen LogP contribution in [0.25, 0.3) is 16.2 Å². The number of nitrogens with zero attached hydrogens (tertiary/aromatic N) is 2. The molecule has 0 saturated heterocycles. The molecule has 118 valence electrons. The summed E-state index contributed by atoms with van der Waals surface area (Å²) >= 11 is 7.30. The van der Waals surface area contributed by atoms with Crippen molar-refractivity contribution in [1.29, 1.82) is 0 Å². The zero-order chi connectivity index (χ0) is 16.5. The highest BCUT2D eigenvalue weighted by atomic mass is 35.5. The average Bonchev–Trinajstić information content (AvgIpc) is 3.18. The predicted molar refractivity (Wildman–Crippen MR) is 97.9 cm³/mol. The van der Waals surface area contributed by atoms with Crippen molar-refractivity contribution in [2.75, 3.05) is 5.32 Å². The van der Waals surface area contributed by atoms with Crippen molar-refractivity contribution in [3.63, 3.8) is 0 Å². The van der Waals surface area contributed by atoms with Crippen LogP contribution in [-0.4, -0.2) is 15.3 Å². The first-order valence-corrected chi connectivity index (χ1v) is 8.55. The third-order valence-electron chi connectivity index (χ3n) is 3.61. The summed E-state index contributed by atoms with van der Waals surface area (Å²) in [7, 11) is 0. The lowest BCUT2D eigenvalue weighted by atomic mass is 10.2. The Hall–Kier alpha value is -2.63. The van der Waals surface area contributed by atoms with E-state index in [0.29, 0.717) is 16.4 Å². The Morgan fingerprint density at radius 2 is 1.83 bits per heavy atom. The van der Waals surface area contributed by atoms with Crippen LogP contribution in [0.1, 0.15) is 10.5 Å². The van der Waals surface area contributed by atoms with E-state index in [2.05, 4.69) is 10.3 Å². The van der Waals surface area contributed by atoms with Gasteiger partial charge in [0.25, 0.3) is 5.91 Å². The highest BCUT2D eigenvalue weighted by molar-refractivity contribution is 7.15. The van der Waals surface area contributed by atoms with Crippen molar-refractivity contribution in [3.05, 3.63) is 76.9 Å². The lowest BCUT2D eigenvalue weighted by Crippen LogP contribution is -2.13. The zero-order valence-corrected chi connectivity index (χ0v) is 14.0. The number of nitrogens with one attached hydrogen (secondary N) is 1. The van der Waals surface area contributed by atoms with Crippen LogP contribution in [0, 0.1) is 0 Å². The van der Waals surface area contributed by atoms with Gasteiger partial charge in [0.2, 0.25) is 0 Å². The SMILES string of the molecule is O=C(Nc1ccc(Cl)cc1)c1csc2nc(-c3ccccc3)cn12. The molecule has 0 unspecified atom stereocenters. The number of rotatable bonds is 3. The van der Waals surface area contributed by atoms with Gasteiger partial charge in [-0.25, -0.2) is 4.98 Å². The van der Waals surface area contributed by atoms with Crippen molar-refractivity contribution in [2.24, 2.45) is 0 Å². The minimum absolute atomic E-state index is 0.180. The molecule has 1 amide bonds. The quantitative estimate of drug-likeness (QED) is 0.565. The number of halogens is 1. The zero-order valence-electron chi connectivity index (χ0n) is 12.4. The smallest absolute Gasteiger partial charge is 0.273 e. The second-order valence-electron chi connectivity index (χ2n) is 5.23. The number of thiazole rings is 1. The second-order valence-corrected chi connectivity index (χ2v) is 6.50. The maximum absolute atomic E-state index is 12.5. The van der Waals surface area contributed by atoms with E-state index in [-0.39, 0.29) is 5.91 Å². The van der Waals surface area contributed by atoms with Crippen LogP contribution in [0.3, 0.4) is 0 Å². The fraction of sp³-hybridized carbons (Fsp3) is 0. The van der Waals surface area contributed by atoms with Gasteiger partial charge in [-0.2, -0.15) is 0 Å². The number of benzene rings is 2. The maximum Gasteiger partial charge on any atom is 0.273 e. The molecule has 2 heterocycles. The van der Waals surface area contributed by atoms with Crippen LogP contribution in [-0.2, 0) is 0 Å². The summed E-state index contributed by atoms with van der Waals surface area (Å²) in [5, 5.41) is 5.31. The Labute approximate surface area is 147 Å². The van der Waals surface area contributed by atoms with Gasteiger partial charge >= 0.3 is 0 Å². The summed E-state index contributed by atoms with van der Waals surface area (Å²) in [6.07, 6.45) is 1.89. The number of imidazole rings is 1. The minimum Gasteiger partial charge on any atom is -0.321 e. The van der Waals surface area contributed by atoms with E-state index in [1.807, 2.05) is 46.3 Å². The third kappa shape index (κ3) is 2.79. The largest absolute Gasteiger partial charge is 0.321 e. The fourth-order valence-corrected chi connectivity index (χ4v) is 3.40. The van der Waals surface area contributed by atoms with Gasteiger partial charge in [0.1, 0.15) is 5.69 Å².